The second-order valence-electron chi connectivity index (χ2n) is 10.0. The van der Waals surface area contributed by atoms with Crippen LogP contribution in [0.4, 0.5) is 0 Å². The van der Waals surface area contributed by atoms with Gasteiger partial charge in [-0.1, -0.05) is 68.9 Å². The number of aryl methyl sites for hydroxylation is 2. The second-order valence-corrected chi connectivity index (χ2v) is 10.0. The topological polar surface area (TPSA) is 109 Å². The molecule has 0 aliphatic carbocycles. The highest BCUT2D eigenvalue weighted by Gasteiger charge is 2.15. The lowest BCUT2D eigenvalue weighted by Crippen LogP contribution is -2.39. The van der Waals surface area contributed by atoms with Crippen molar-refractivity contribution in [3.8, 4) is 0 Å². The molecular formula is C29H43N5O5. The first-order valence-corrected chi connectivity index (χ1v) is 14.1. The molecule has 10 heteroatoms. The minimum atomic E-state index is -0.316. The molecular weight excluding hydrogens is 498 g/mol. The molecule has 1 amide bonds. The molecule has 2 aromatic heterocycles. The number of aromatic nitrogens is 4. The monoisotopic (exact) mass is 541 g/mol. The summed E-state index contributed by atoms with van der Waals surface area (Å²) in [7, 11) is 3.41. The van der Waals surface area contributed by atoms with Gasteiger partial charge in [-0.2, -0.15) is 0 Å². The van der Waals surface area contributed by atoms with Gasteiger partial charge in [-0.25, -0.2) is 19.6 Å². The largest absolute Gasteiger partial charge is 0.351 e. The molecule has 0 fully saturated rings. The Morgan fingerprint density at radius 2 is 1.62 bits per heavy atom. The summed E-state index contributed by atoms with van der Waals surface area (Å²) in [5.74, 6) is 0.0433. The van der Waals surface area contributed by atoms with Crippen molar-refractivity contribution in [2.75, 3.05) is 13.2 Å². The molecule has 0 radical (unpaired) electrons. The van der Waals surface area contributed by atoms with E-state index in [0.717, 1.165) is 56.9 Å². The van der Waals surface area contributed by atoms with Gasteiger partial charge in [-0.05, 0) is 31.7 Å². The fourth-order valence-corrected chi connectivity index (χ4v) is 4.77. The van der Waals surface area contributed by atoms with E-state index in [4.69, 9.17) is 9.78 Å². The second kappa shape index (κ2) is 16.0. The van der Waals surface area contributed by atoms with Crippen LogP contribution >= 0.6 is 0 Å². The quantitative estimate of drug-likeness (QED) is 0.150. The number of amides is 1. The zero-order valence-electron chi connectivity index (χ0n) is 23.6. The molecule has 0 saturated carbocycles. The molecule has 214 valence electrons. The summed E-state index contributed by atoms with van der Waals surface area (Å²) in [6, 6.07) is 9.91. The SMILES string of the molecule is CCOOCC(Cc1ccccc1)NC(=O)CCCCCCCCCCn1c(=O)c2c(ncn2C)n(C)c1=O. The molecule has 2 heterocycles. The molecule has 0 saturated heterocycles. The number of carbonyl (C=O) groups is 1. The fourth-order valence-electron chi connectivity index (χ4n) is 4.77. The molecule has 0 aliphatic heterocycles. The number of hydrogen-bond donors (Lipinski definition) is 1. The number of nitrogens with one attached hydrogen (secondary N) is 1. The Kier molecular flexibility index (Phi) is 12.4. The number of benzene rings is 1. The molecule has 0 bridgehead atoms. The van der Waals surface area contributed by atoms with Crippen molar-refractivity contribution in [2.45, 2.75) is 83.7 Å². The summed E-state index contributed by atoms with van der Waals surface area (Å²) in [4.78, 5) is 52.2. The zero-order valence-corrected chi connectivity index (χ0v) is 23.6. The van der Waals surface area contributed by atoms with Crippen LogP contribution in [0.3, 0.4) is 0 Å². The van der Waals surface area contributed by atoms with E-state index in [1.807, 2.05) is 37.3 Å². The van der Waals surface area contributed by atoms with Crippen LogP contribution < -0.4 is 16.6 Å². The third kappa shape index (κ3) is 9.18. The van der Waals surface area contributed by atoms with Gasteiger partial charge >= 0.3 is 5.69 Å². The molecule has 0 spiro atoms. The third-order valence-electron chi connectivity index (χ3n) is 6.90. The summed E-state index contributed by atoms with van der Waals surface area (Å²) < 4.78 is 4.43. The highest BCUT2D eigenvalue weighted by Crippen LogP contribution is 2.11. The minimum Gasteiger partial charge on any atom is -0.351 e. The standard InChI is InChI=1S/C29H43N5O5/c1-4-38-39-21-24(20-23-16-12-11-13-17-23)31-25(35)18-14-9-7-5-6-8-10-15-19-34-28(36)26-27(30-22-32(26)2)33(3)29(34)37/h11-13,16-17,22,24H,4-10,14-15,18-21H2,1-3H3,(H,31,35). The Hall–Kier alpha value is -3.24. The number of carbonyl (C=O) groups excluding carboxylic acids is 1. The zero-order chi connectivity index (χ0) is 28.0. The Bertz CT molecular complexity index is 1280. The summed E-state index contributed by atoms with van der Waals surface area (Å²) in [5.41, 5.74) is 1.43. The van der Waals surface area contributed by atoms with Crippen LogP contribution in [-0.2, 0) is 41.6 Å². The van der Waals surface area contributed by atoms with E-state index in [1.54, 1.807) is 25.0 Å². The van der Waals surface area contributed by atoms with Crippen molar-refractivity contribution in [3.63, 3.8) is 0 Å². The van der Waals surface area contributed by atoms with Crippen LogP contribution in [0.15, 0.2) is 46.2 Å². The fraction of sp³-hybridized carbons (Fsp3) is 0.586. The molecule has 39 heavy (non-hydrogen) atoms. The van der Waals surface area contributed by atoms with E-state index in [2.05, 4.69) is 10.3 Å². The number of hydrogen-bond acceptors (Lipinski definition) is 6. The highest BCUT2D eigenvalue weighted by atomic mass is 17.2. The van der Waals surface area contributed by atoms with Crippen LogP contribution in [0.1, 0.15) is 70.3 Å². The molecule has 3 rings (SSSR count). The average molecular weight is 542 g/mol. The first-order valence-electron chi connectivity index (χ1n) is 14.1. The van der Waals surface area contributed by atoms with Gasteiger partial charge in [0.15, 0.2) is 11.2 Å². The molecule has 1 unspecified atom stereocenters. The van der Waals surface area contributed by atoms with E-state index in [-0.39, 0.29) is 23.2 Å². The maximum absolute atomic E-state index is 12.7. The van der Waals surface area contributed by atoms with Gasteiger partial charge in [0.25, 0.3) is 5.56 Å². The van der Waals surface area contributed by atoms with E-state index in [9.17, 15) is 14.4 Å². The Morgan fingerprint density at radius 3 is 2.31 bits per heavy atom. The van der Waals surface area contributed by atoms with Gasteiger partial charge in [0.2, 0.25) is 5.91 Å². The summed E-state index contributed by atoms with van der Waals surface area (Å²) in [6.07, 6.45) is 10.8. The summed E-state index contributed by atoms with van der Waals surface area (Å²) in [6.45, 7) is 3.06. The van der Waals surface area contributed by atoms with Crippen molar-refractivity contribution in [3.05, 3.63) is 63.1 Å². The number of unbranched alkanes of at least 4 members (excludes halogenated alkanes) is 7. The first-order chi connectivity index (χ1) is 18.9. The van der Waals surface area contributed by atoms with Gasteiger partial charge < -0.3 is 9.88 Å². The Balaban J connectivity index is 1.28. The average Bonchev–Trinajstić information content (AvgIpc) is 3.32. The molecule has 1 atom stereocenters. The maximum Gasteiger partial charge on any atom is 0.332 e. The Labute approximate surface area is 229 Å². The van der Waals surface area contributed by atoms with Gasteiger partial charge in [0.1, 0.15) is 6.61 Å². The Morgan fingerprint density at radius 1 is 0.949 bits per heavy atom. The van der Waals surface area contributed by atoms with E-state index >= 15 is 0 Å². The van der Waals surface area contributed by atoms with Crippen molar-refractivity contribution in [1.82, 2.24) is 24.0 Å². The molecule has 10 nitrogen and oxygen atoms in total. The molecule has 1 aromatic carbocycles. The first kappa shape index (κ1) is 30.3. The van der Waals surface area contributed by atoms with Gasteiger partial charge in [-0.3, -0.25) is 18.7 Å². The van der Waals surface area contributed by atoms with Gasteiger partial charge in [-0.15, -0.1) is 0 Å². The lowest BCUT2D eigenvalue weighted by molar-refractivity contribution is -0.294. The molecule has 1 N–H and O–H groups in total. The predicted molar refractivity (Wildman–Crippen MR) is 151 cm³/mol. The van der Waals surface area contributed by atoms with Crippen LogP contribution in [0.5, 0.6) is 0 Å². The van der Waals surface area contributed by atoms with Crippen LogP contribution in [-0.4, -0.2) is 43.8 Å². The third-order valence-corrected chi connectivity index (χ3v) is 6.90. The lowest BCUT2D eigenvalue weighted by Gasteiger charge is -2.18. The number of rotatable bonds is 18. The van der Waals surface area contributed by atoms with Crippen molar-refractivity contribution in [1.29, 1.82) is 0 Å². The predicted octanol–water partition coefficient (Wildman–Crippen LogP) is 3.64. The van der Waals surface area contributed by atoms with Crippen molar-refractivity contribution in [2.24, 2.45) is 14.1 Å². The number of imidazole rings is 1. The highest BCUT2D eigenvalue weighted by molar-refractivity contribution is 5.76. The van der Waals surface area contributed by atoms with Crippen LogP contribution in [0, 0.1) is 0 Å². The van der Waals surface area contributed by atoms with Crippen molar-refractivity contribution >= 4 is 17.1 Å². The van der Waals surface area contributed by atoms with Crippen LogP contribution in [0.25, 0.3) is 11.2 Å². The lowest BCUT2D eigenvalue weighted by atomic mass is 10.1. The normalized spacial score (nSPS) is 12.2. The van der Waals surface area contributed by atoms with Crippen LogP contribution in [0.2, 0.25) is 0 Å². The number of fused-ring (bicyclic) bond motifs is 1. The summed E-state index contributed by atoms with van der Waals surface area (Å²) >= 11 is 0. The number of nitrogens with zero attached hydrogens (tertiary/aromatic N) is 4. The van der Waals surface area contributed by atoms with Gasteiger partial charge in [0, 0.05) is 27.1 Å². The summed E-state index contributed by atoms with van der Waals surface area (Å²) in [5, 5.41) is 3.09. The smallest absolute Gasteiger partial charge is 0.332 e. The molecule has 0 aliphatic rings. The maximum atomic E-state index is 12.7. The van der Waals surface area contributed by atoms with Gasteiger partial charge in [0.05, 0.1) is 19.0 Å². The van der Waals surface area contributed by atoms with E-state index in [0.29, 0.717) is 43.8 Å². The van der Waals surface area contributed by atoms with E-state index < -0.39 is 0 Å². The molecule has 3 aromatic rings. The minimum absolute atomic E-state index is 0.0433. The van der Waals surface area contributed by atoms with Crippen molar-refractivity contribution < 1.29 is 14.6 Å². The van der Waals surface area contributed by atoms with E-state index in [1.165, 1.54) is 9.13 Å².